The Kier molecular flexibility index (Phi) is 5.36. The number of anilines is 2. The van der Waals surface area contributed by atoms with Crippen molar-refractivity contribution in [3.8, 4) is 0 Å². The quantitative estimate of drug-likeness (QED) is 0.388. The van der Waals surface area contributed by atoms with E-state index in [9.17, 15) is 22.0 Å². The Morgan fingerprint density at radius 2 is 1.56 bits per heavy atom. The lowest BCUT2D eigenvalue weighted by atomic mass is 10.2. The molecule has 0 unspecified atom stereocenters. The monoisotopic (exact) mass is 398 g/mol. The van der Waals surface area contributed by atoms with E-state index in [4.69, 9.17) is 12.2 Å². The Morgan fingerprint density at radius 1 is 0.926 bits per heavy atom. The Morgan fingerprint density at radius 3 is 2.19 bits per heavy atom. The van der Waals surface area contributed by atoms with E-state index in [1.54, 1.807) is 0 Å². The SMILES string of the molecule is Fc1ccc(NC(=S)Nc2ccn(Cc3c(F)c(F)cc(F)c3F)n2)cc1. The second-order valence-corrected chi connectivity index (χ2v) is 5.84. The highest BCUT2D eigenvalue weighted by atomic mass is 32.1. The molecule has 0 bridgehead atoms. The fourth-order valence-electron chi connectivity index (χ4n) is 2.25. The van der Waals surface area contributed by atoms with Gasteiger partial charge in [-0.05, 0) is 36.5 Å². The van der Waals surface area contributed by atoms with Gasteiger partial charge >= 0.3 is 0 Å². The molecule has 0 atom stereocenters. The fourth-order valence-corrected chi connectivity index (χ4v) is 2.47. The summed E-state index contributed by atoms with van der Waals surface area (Å²) in [7, 11) is 0. The van der Waals surface area contributed by atoms with Crippen LogP contribution in [-0.2, 0) is 6.54 Å². The van der Waals surface area contributed by atoms with Gasteiger partial charge in [-0.1, -0.05) is 0 Å². The van der Waals surface area contributed by atoms with Gasteiger partial charge in [-0.15, -0.1) is 0 Å². The van der Waals surface area contributed by atoms with Gasteiger partial charge in [0.05, 0.1) is 12.1 Å². The Bertz CT molecular complexity index is 961. The van der Waals surface area contributed by atoms with Crippen molar-refractivity contribution in [3.63, 3.8) is 0 Å². The van der Waals surface area contributed by atoms with Crippen molar-refractivity contribution in [1.29, 1.82) is 0 Å². The molecule has 3 aromatic rings. The first kappa shape index (κ1) is 18.8. The second-order valence-electron chi connectivity index (χ2n) is 5.43. The van der Waals surface area contributed by atoms with Crippen LogP contribution in [0, 0.1) is 29.1 Å². The molecule has 2 N–H and O–H groups in total. The number of hydrogen-bond donors (Lipinski definition) is 2. The molecule has 1 aromatic heterocycles. The number of hydrogen-bond acceptors (Lipinski definition) is 2. The van der Waals surface area contributed by atoms with Crippen LogP contribution in [0.4, 0.5) is 33.5 Å². The Balaban J connectivity index is 1.68. The molecule has 3 rings (SSSR count). The van der Waals surface area contributed by atoms with E-state index in [1.165, 1.54) is 36.5 Å². The molecule has 10 heteroatoms. The summed E-state index contributed by atoms with van der Waals surface area (Å²) in [6, 6.07) is 7.05. The summed E-state index contributed by atoms with van der Waals surface area (Å²) in [6.07, 6.45) is 1.35. The van der Waals surface area contributed by atoms with E-state index in [-0.39, 0.29) is 17.0 Å². The van der Waals surface area contributed by atoms with Crippen LogP contribution in [0.1, 0.15) is 5.56 Å². The van der Waals surface area contributed by atoms with Crippen LogP contribution in [0.3, 0.4) is 0 Å². The van der Waals surface area contributed by atoms with Crippen LogP contribution in [0.5, 0.6) is 0 Å². The minimum atomic E-state index is -1.49. The fraction of sp³-hybridized carbons (Fsp3) is 0.0588. The lowest BCUT2D eigenvalue weighted by Crippen LogP contribution is -2.19. The number of rotatable bonds is 4. The zero-order valence-electron chi connectivity index (χ0n) is 13.4. The molecule has 4 nitrogen and oxygen atoms in total. The highest BCUT2D eigenvalue weighted by Gasteiger charge is 2.19. The number of thiocarbonyl (C=S) groups is 1. The maximum absolute atomic E-state index is 13.7. The lowest BCUT2D eigenvalue weighted by molar-refractivity contribution is 0.431. The first-order chi connectivity index (χ1) is 12.8. The number of nitrogens with one attached hydrogen (secondary N) is 2. The van der Waals surface area contributed by atoms with E-state index >= 15 is 0 Å². The van der Waals surface area contributed by atoms with Gasteiger partial charge in [0.25, 0.3) is 0 Å². The van der Waals surface area contributed by atoms with Crippen molar-refractivity contribution in [3.05, 3.63) is 77.2 Å². The minimum Gasteiger partial charge on any atom is -0.332 e. The van der Waals surface area contributed by atoms with Gasteiger partial charge in [0.2, 0.25) is 0 Å². The van der Waals surface area contributed by atoms with Crippen LogP contribution in [-0.4, -0.2) is 14.9 Å². The standard InChI is InChI=1S/C17H11F5N4S/c18-9-1-3-10(4-2-9)23-17(27)24-14-5-6-26(25-14)8-11-15(21)12(19)7-13(20)16(11)22/h1-7H,8H2,(H2,23,24,25,27). The maximum Gasteiger partial charge on any atom is 0.176 e. The van der Waals surface area contributed by atoms with E-state index in [1.807, 2.05) is 0 Å². The van der Waals surface area contributed by atoms with Gasteiger partial charge in [-0.2, -0.15) is 5.10 Å². The third kappa shape index (κ3) is 4.40. The predicted octanol–water partition coefficient (Wildman–Crippen LogP) is 4.44. The number of aromatic nitrogens is 2. The molecular weight excluding hydrogens is 387 g/mol. The minimum absolute atomic E-state index is 0.140. The smallest absolute Gasteiger partial charge is 0.176 e. The molecule has 0 saturated carbocycles. The lowest BCUT2D eigenvalue weighted by Gasteiger charge is -2.09. The summed E-state index contributed by atoms with van der Waals surface area (Å²) < 4.78 is 67.9. The summed E-state index contributed by atoms with van der Waals surface area (Å²) in [6.45, 7) is -0.522. The van der Waals surface area contributed by atoms with Crippen molar-refractivity contribution in [2.45, 2.75) is 6.54 Å². The van der Waals surface area contributed by atoms with Crippen molar-refractivity contribution in [2.75, 3.05) is 10.6 Å². The molecule has 0 aliphatic rings. The van der Waals surface area contributed by atoms with Gasteiger partial charge < -0.3 is 10.6 Å². The van der Waals surface area contributed by atoms with E-state index in [0.29, 0.717) is 5.69 Å². The van der Waals surface area contributed by atoms with Gasteiger partial charge in [0.15, 0.2) is 34.2 Å². The maximum atomic E-state index is 13.7. The number of benzene rings is 2. The summed E-state index contributed by atoms with van der Waals surface area (Å²) in [4.78, 5) is 0. The van der Waals surface area contributed by atoms with Gasteiger partial charge in [0, 0.05) is 24.0 Å². The molecule has 0 spiro atoms. The first-order valence-electron chi connectivity index (χ1n) is 7.52. The van der Waals surface area contributed by atoms with Crippen molar-refractivity contribution < 1.29 is 22.0 Å². The molecule has 0 aliphatic carbocycles. The summed E-state index contributed by atoms with van der Waals surface area (Å²) in [5.41, 5.74) is -0.248. The van der Waals surface area contributed by atoms with Crippen molar-refractivity contribution in [1.82, 2.24) is 9.78 Å². The number of nitrogens with zero attached hydrogens (tertiary/aromatic N) is 2. The molecule has 1 heterocycles. The molecule has 0 radical (unpaired) electrons. The average Bonchev–Trinajstić information content (AvgIpc) is 3.06. The third-order valence-electron chi connectivity index (χ3n) is 3.51. The first-order valence-corrected chi connectivity index (χ1v) is 7.93. The predicted molar refractivity (Wildman–Crippen MR) is 93.8 cm³/mol. The zero-order valence-corrected chi connectivity index (χ0v) is 14.3. The molecule has 140 valence electrons. The normalized spacial score (nSPS) is 10.7. The summed E-state index contributed by atoms with van der Waals surface area (Å²) in [5.74, 6) is -6.10. The van der Waals surface area contributed by atoms with Crippen LogP contribution >= 0.6 is 12.2 Å². The molecule has 0 amide bonds. The molecular formula is C17H11F5N4S. The average molecular weight is 398 g/mol. The van der Waals surface area contributed by atoms with Crippen LogP contribution in [0.2, 0.25) is 0 Å². The summed E-state index contributed by atoms with van der Waals surface area (Å²) >= 11 is 5.08. The van der Waals surface area contributed by atoms with E-state index in [2.05, 4.69) is 15.7 Å². The highest BCUT2D eigenvalue weighted by Crippen LogP contribution is 2.20. The third-order valence-corrected chi connectivity index (χ3v) is 3.71. The Hall–Kier alpha value is -3.01. The largest absolute Gasteiger partial charge is 0.332 e. The molecule has 27 heavy (non-hydrogen) atoms. The van der Waals surface area contributed by atoms with Gasteiger partial charge in [0.1, 0.15) is 5.82 Å². The zero-order chi connectivity index (χ0) is 19.6. The topological polar surface area (TPSA) is 41.9 Å². The Labute approximate surface area is 155 Å². The molecule has 2 aromatic carbocycles. The van der Waals surface area contributed by atoms with Crippen LogP contribution < -0.4 is 10.6 Å². The highest BCUT2D eigenvalue weighted by molar-refractivity contribution is 7.80. The van der Waals surface area contributed by atoms with E-state index in [0.717, 1.165) is 4.68 Å². The number of halogens is 5. The second kappa shape index (κ2) is 7.70. The summed E-state index contributed by atoms with van der Waals surface area (Å²) in [5, 5.41) is 9.64. The van der Waals surface area contributed by atoms with Gasteiger partial charge in [-0.3, -0.25) is 4.68 Å². The molecule has 0 aliphatic heterocycles. The van der Waals surface area contributed by atoms with Gasteiger partial charge in [-0.25, -0.2) is 22.0 Å². The van der Waals surface area contributed by atoms with Crippen LogP contribution in [0.15, 0.2) is 42.6 Å². The molecule has 0 saturated heterocycles. The van der Waals surface area contributed by atoms with Crippen molar-refractivity contribution in [2.24, 2.45) is 0 Å². The van der Waals surface area contributed by atoms with Crippen molar-refractivity contribution >= 4 is 28.8 Å². The van der Waals surface area contributed by atoms with E-state index < -0.39 is 41.2 Å². The van der Waals surface area contributed by atoms with Crippen LogP contribution in [0.25, 0.3) is 0 Å². The molecule has 0 fully saturated rings.